The first-order valence-electron chi connectivity index (χ1n) is 13.6. The number of rotatable bonds is 5. The zero-order chi connectivity index (χ0) is 27.8. The second-order valence-electron chi connectivity index (χ2n) is 10.1. The number of amides is 2. The van der Waals surface area contributed by atoms with E-state index in [2.05, 4.69) is 59.7 Å². The molecule has 0 unspecified atom stereocenters. The van der Waals surface area contributed by atoms with Crippen LogP contribution in [0.25, 0.3) is 0 Å². The Bertz CT molecular complexity index is 1340. The van der Waals surface area contributed by atoms with Crippen molar-refractivity contribution in [3.8, 4) is 0 Å². The van der Waals surface area contributed by atoms with Crippen molar-refractivity contribution in [1.29, 1.82) is 0 Å². The molecule has 1 aliphatic carbocycles. The highest BCUT2D eigenvalue weighted by molar-refractivity contribution is 5.94. The number of aromatic nitrogens is 1. The molecule has 1 saturated heterocycles. The first kappa shape index (κ1) is 27.9. The first-order valence-corrected chi connectivity index (χ1v) is 13.6. The summed E-state index contributed by atoms with van der Waals surface area (Å²) in [6.07, 6.45) is 6.42. The van der Waals surface area contributed by atoms with Crippen LogP contribution in [0.4, 0.5) is 0 Å². The van der Waals surface area contributed by atoms with Crippen LogP contribution in [0.3, 0.4) is 0 Å². The van der Waals surface area contributed by atoms with E-state index in [1.807, 2.05) is 24.1 Å². The Morgan fingerprint density at radius 2 is 1.54 bits per heavy atom. The predicted molar refractivity (Wildman–Crippen MR) is 155 cm³/mol. The van der Waals surface area contributed by atoms with Crippen LogP contribution in [-0.4, -0.2) is 47.5 Å². The van der Waals surface area contributed by atoms with Gasteiger partial charge in [0.2, 0.25) is 5.91 Å². The largest absolute Gasteiger partial charge is 0.394 e. The summed E-state index contributed by atoms with van der Waals surface area (Å²) in [6.45, 7) is 4.59. The Morgan fingerprint density at radius 1 is 0.897 bits per heavy atom. The predicted octanol–water partition coefficient (Wildman–Crippen LogP) is 4.16. The van der Waals surface area contributed by atoms with E-state index in [0.29, 0.717) is 31.8 Å². The molecule has 5 rings (SSSR count). The summed E-state index contributed by atoms with van der Waals surface area (Å²) >= 11 is 0. The average Bonchev–Trinajstić information content (AvgIpc) is 2.98. The van der Waals surface area contributed by atoms with E-state index in [4.69, 9.17) is 0 Å². The van der Waals surface area contributed by atoms with Gasteiger partial charge in [0.25, 0.3) is 11.5 Å². The summed E-state index contributed by atoms with van der Waals surface area (Å²) < 4.78 is 1.40. The van der Waals surface area contributed by atoms with E-state index in [-0.39, 0.29) is 34.9 Å². The number of piperidine rings is 1. The van der Waals surface area contributed by atoms with Gasteiger partial charge >= 0.3 is 0 Å². The summed E-state index contributed by atoms with van der Waals surface area (Å²) in [6, 6.07) is 22.1. The highest BCUT2D eigenvalue weighted by atomic mass is 16.2. The van der Waals surface area contributed by atoms with Crippen LogP contribution in [0.15, 0.2) is 90.5 Å². The average molecular weight is 527 g/mol. The molecule has 7 heteroatoms. The van der Waals surface area contributed by atoms with E-state index < -0.39 is 0 Å². The van der Waals surface area contributed by atoms with Gasteiger partial charge in [-0.2, -0.15) is 0 Å². The highest BCUT2D eigenvalue weighted by Gasteiger charge is 2.35. The molecule has 2 heterocycles. The molecular formula is C32H38N4O3. The molecule has 2 aromatic carbocycles. The van der Waals surface area contributed by atoms with Crippen molar-refractivity contribution in [3.63, 3.8) is 0 Å². The molecule has 0 spiro atoms. The van der Waals surface area contributed by atoms with E-state index in [1.54, 1.807) is 31.6 Å². The third-order valence-corrected chi connectivity index (χ3v) is 7.70. The fourth-order valence-electron chi connectivity index (χ4n) is 5.58. The van der Waals surface area contributed by atoms with Crippen LogP contribution in [-0.2, 0) is 11.8 Å². The Labute approximate surface area is 230 Å². The van der Waals surface area contributed by atoms with Crippen molar-refractivity contribution < 1.29 is 9.59 Å². The number of pyridine rings is 1. The van der Waals surface area contributed by atoms with Gasteiger partial charge in [-0.3, -0.25) is 14.4 Å². The van der Waals surface area contributed by atoms with Gasteiger partial charge in [0.15, 0.2) is 0 Å². The van der Waals surface area contributed by atoms with Crippen LogP contribution >= 0.6 is 0 Å². The van der Waals surface area contributed by atoms with Gasteiger partial charge in [0.1, 0.15) is 5.56 Å². The lowest BCUT2D eigenvalue weighted by molar-refractivity contribution is -0.134. The monoisotopic (exact) mass is 526 g/mol. The van der Waals surface area contributed by atoms with Gasteiger partial charge in [-0.05, 0) is 60.7 Å². The summed E-state index contributed by atoms with van der Waals surface area (Å²) in [5.74, 6) is 0.0440. The van der Waals surface area contributed by atoms with E-state index in [0.717, 1.165) is 18.4 Å². The Hall–Kier alpha value is -4.13. The number of hydrogen-bond acceptors (Lipinski definition) is 4. The minimum atomic E-state index is -0.343. The fraction of sp³-hybridized carbons (Fsp3) is 0.344. The standard InChI is InChI=1S/C29H31N3O3.C3H7N/c1-31-17-7-12-26(28(31)34)27(33)30-21-15-18-32(19-16-21)29(35)25-14-13-22(20-8-3-2-4-9-20)23-10-5-6-11-24(23)25;1-3-4-2/h2-12,17,21-22,25H,13-16,18-19H2,1H3,(H,30,33);3-4H,1H2,2H3/t22-,25-;/m0./s1. The fourth-order valence-corrected chi connectivity index (χ4v) is 5.58. The Balaban J connectivity index is 0.000000826. The molecule has 1 fully saturated rings. The molecule has 3 aromatic rings. The Kier molecular flexibility index (Phi) is 9.36. The van der Waals surface area contributed by atoms with Crippen LogP contribution in [0.5, 0.6) is 0 Å². The minimum Gasteiger partial charge on any atom is -0.394 e. The molecule has 39 heavy (non-hydrogen) atoms. The second kappa shape index (κ2) is 13.1. The molecule has 204 valence electrons. The maximum Gasteiger partial charge on any atom is 0.263 e. The van der Waals surface area contributed by atoms with Crippen LogP contribution in [0.2, 0.25) is 0 Å². The number of nitrogens with one attached hydrogen (secondary N) is 2. The molecule has 1 aromatic heterocycles. The SMILES string of the molecule is C=CNC.Cn1cccc(C(=O)NC2CCN(C(=O)[C@H]3CC[C@@H](c4ccccc4)c4ccccc43)CC2)c1=O. The van der Waals surface area contributed by atoms with E-state index in [9.17, 15) is 14.4 Å². The molecule has 2 atom stereocenters. The quantitative estimate of drug-likeness (QED) is 0.523. The molecule has 0 bridgehead atoms. The molecule has 0 radical (unpaired) electrons. The number of benzene rings is 2. The van der Waals surface area contributed by atoms with Gasteiger partial charge < -0.3 is 20.1 Å². The lowest BCUT2D eigenvalue weighted by Gasteiger charge is -2.37. The summed E-state index contributed by atoms with van der Waals surface area (Å²) in [7, 11) is 3.45. The minimum absolute atomic E-state index is 0.0439. The summed E-state index contributed by atoms with van der Waals surface area (Å²) in [5.41, 5.74) is 3.56. The number of aryl methyl sites for hydroxylation is 1. The highest BCUT2D eigenvalue weighted by Crippen LogP contribution is 2.43. The number of fused-ring (bicyclic) bond motifs is 1. The normalized spacial score (nSPS) is 18.7. The van der Waals surface area contributed by atoms with Crippen molar-refractivity contribution in [2.24, 2.45) is 7.05 Å². The molecule has 1 aliphatic heterocycles. The van der Waals surface area contributed by atoms with Gasteiger partial charge in [-0.1, -0.05) is 61.2 Å². The molecule has 7 nitrogen and oxygen atoms in total. The maximum absolute atomic E-state index is 13.6. The molecule has 2 amide bonds. The first-order chi connectivity index (χ1) is 18.9. The van der Waals surface area contributed by atoms with Crippen molar-refractivity contribution in [3.05, 3.63) is 118 Å². The third-order valence-electron chi connectivity index (χ3n) is 7.70. The smallest absolute Gasteiger partial charge is 0.263 e. The molecule has 0 saturated carbocycles. The number of likely N-dealkylation sites (tertiary alicyclic amines) is 1. The molecule has 2 N–H and O–H groups in total. The van der Waals surface area contributed by atoms with E-state index in [1.165, 1.54) is 15.7 Å². The lowest BCUT2D eigenvalue weighted by atomic mass is 9.73. The van der Waals surface area contributed by atoms with Crippen molar-refractivity contribution in [2.45, 2.75) is 43.6 Å². The lowest BCUT2D eigenvalue weighted by Crippen LogP contribution is -2.48. The zero-order valence-electron chi connectivity index (χ0n) is 22.8. The van der Waals surface area contributed by atoms with Crippen molar-refractivity contribution in [2.75, 3.05) is 20.1 Å². The zero-order valence-corrected chi connectivity index (χ0v) is 22.8. The number of hydrogen-bond donors (Lipinski definition) is 2. The van der Waals surface area contributed by atoms with Crippen LogP contribution in [0.1, 0.15) is 64.6 Å². The summed E-state index contributed by atoms with van der Waals surface area (Å²) in [5, 5.41) is 5.69. The number of carbonyl (C=O) groups is 2. The van der Waals surface area contributed by atoms with Gasteiger partial charge in [-0.25, -0.2) is 0 Å². The molecular weight excluding hydrogens is 488 g/mol. The topological polar surface area (TPSA) is 83.4 Å². The maximum atomic E-state index is 13.6. The summed E-state index contributed by atoms with van der Waals surface area (Å²) in [4.78, 5) is 40.4. The van der Waals surface area contributed by atoms with Gasteiger partial charge in [0.05, 0.1) is 5.92 Å². The number of nitrogens with zero attached hydrogens (tertiary/aromatic N) is 2. The van der Waals surface area contributed by atoms with Crippen LogP contribution in [0, 0.1) is 0 Å². The van der Waals surface area contributed by atoms with Crippen molar-refractivity contribution >= 4 is 11.8 Å². The van der Waals surface area contributed by atoms with Gasteiger partial charge in [0, 0.05) is 45.3 Å². The van der Waals surface area contributed by atoms with Crippen LogP contribution < -0.4 is 16.2 Å². The Morgan fingerprint density at radius 3 is 2.21 bits per heavy atom. The number of carbonyl (C=O) groups excluding carboxylic acids is 2. The second-order valence-corrected chi connectivity index (χ2v) is 10.1. The van der Waals surface area contributed by atoms with Crippen molar-refractivity contribution in [1.82, 2.24) is 20.1 Å². The molecule has 2 aliphatic rings. The van der Waals surface area contributed by atoms with E-state index >= 15 is 0 Å². The third kappa shape index (κ3) is 6.48. The van der Waals surface area contributed by atoms with Gasteiger partial charge in [-0.15, -0.1) is 0 Å².